The van der Waals surface area contributed by atoms with E-state index in [0.717, 1.165) is 18.2 Å². The van der Waals surface area contributed by atoms with Gasteiger partial charge in [0.2, 0.25) is 0 Å². The molecule has 2 aromatic carbocycles. The van der Waals surface area contributed by atoms with Crippen LogP contribution in [-0.2, 0) is 0 Å². The zero-order valence-corrected chi connectivity index (χ0v) is 10.6. The number of ether oxygens (including phenoxy) is 1. The maximum absolute atomic E-state index is 13.0. The average Bonchev–Trinajstić information content (AvgIpc) is 2.42. The van der Waals surface area contributed by atoms with Crippen molar-refractivity contribution in [3.05, 3.63) is 62.9 Å². The van der Waals surface area contributed by atoms with Crippen molar-refractivity contribution in [2.45, 2.75) is 0 Å². The number of nitrogens with zero attached hydrogens (tertiary/aromatic N) is 2. The maximum atomic E-state index is 13.0. The number of nitro groups is 1. The van der Waals surface area contributed by atoms with Crippen molar-refractivity contribution >= 4 is 17.3 Å². The molecule has 0 heterocycles. The van der Waals surface area contributed by atoms with E-state index in [1.807, 2.05) is 0 Å². The molecule has 2 aromatic rings. The van der Waals surface area contributed by atoms with E-state index in [-0.39, 0.29) is 27.8 Å². The van der Waals surface area contributed by atoms with Crippen LogP contribution in [0.2, 0.25) is 5.02 Å². The lowest BCUT2D eigenvalue weighted by Crippen LogP contribution is -1.92. The molecule has 0 aliphatic rings. The highest BCUT2D eigenvalue weighted by atomic mass is 35.5. The van der Waals surface area contributed by atoms with Crippen molar-refractivity contribution in [2.75, 3.05) is 0 Å². The maximum Gasteiger partial charge on any atom is 0.271 e. The van der Waals surface area contributed by atoms with Crippen LogP contribution in [0.15, 0.2) is 36.4 Å². The number of hydrogen-bond donors (Lipinski definition) is 0. The minimum Gasteiger partial charge on any atom is -0.454 e. The van der Waals surface area contributed by atoms with Crippen LogP contribution in [0.5, 0.6) is 11.5 Å². The number of halogens is 2. The van der Waals surface area contributed by atoms with Crippen LogP contribution in [0.4, 0.5) is 10.1 Å². The summed E-state index contributed by atoms with van der Waals surface area (Å²) in [7, 11) is 0. The van der Waals surface area contributed by atoms with Crippen molar-refractivity contribution in [2.24, 2.45) is 0 Å². The Bertz CT molecular complexity index is 728. The largest absolute Gasteiger partial charge is 0.454 e. The van der Waals surface area contributed by atoms with Gasteiger partial charge in [0.05, 0.1) is 15.5 Å². The van der Waals surface area contributed by atoms with Crippen molar-refractivity contribution in [3.63, 3.8) is 0 Å². The summed E-state index contributed by atoms with van der Waals surface area (Å²) in [6.07, 6.45) is 0. The van der Waals surface area contributed by atoms with Gasteiger partial charge in [-0.05, 0) is 24.3 Å². The van der Waals surface area contributed by atoms with Crippen LogP contribution in [0.3, 0.4) is 0 Å². The Hall–Kier alpha value is -2.65. The molecule has 2 rings (SSSR count). The Morgan fingerprint density at radius 1 is 1.25 bits per heavy atom. The molecule has 0 saturated heterocycles. The molecular weight excluding hydrogens is 287 g/mol. The second-order valence-electron chi connectivity index (χ2n) is 3.73. The fourth-order valence-electron chi connectivity index (χ4n) is 1.48. The van der Waals surface area contributed by atoms with Crippen LogP contribution < -0.4 is 4.74 Å². The third-order valence-electron chi connectivity index (χ3n) is 2.41. The molecule has 0 N–H and O–H groups in total. The molecule has 0 unspecified atom stereocenters. The van der Waals surface area contributed by atoms with Gasteiger partial charge in [0.1, 0.15) is 23.4 Å². The SMILES string of the molecule is N#Cc1cc(F)ccc1Oc1ccc([N+](=O)[O-])cc1Cl. The highest BCUT2D eigenvalue weighted by Gasteiger charge is 2.13. The molecule has 0 amide bonds. The van der Waals surface area contributed by atoms with E-state index in [0.29, 0.717) is 0 Å². The lowest BCUT2D eigenvalue weighted by atomic mass is 10.2. The molecule has 0 fully saturated rings. The summed E-state index contributed by atoms with van der Waals surface area (Å²) in [5.41, 5.74) is -0.179. The van der Waals surface area contributed by atoms with Crippen LogP contribution in [0, 0.1) is 27.3 Å². The van der Waals surface area contributed by atoms with Gasteiger partial charge in [0, 0.05) is 12.1 Å². The number of nitro benzene ring substituents is 1. The monoisotopic (exact) mass is 292 g/mol. The molecule has 100 valence electrons. The number of rotatable bonds is 3. The molecular formula is C13H6ClFN2O3. The number of nitriles is 1. The van der Waals surface area contributed by atoms with Gasteiger partial charge in [-0.25, -0.2) is 4.39 Å². The van der Waals surface area contributed by atoms with Crippen LogP contribution in [0.1, 0.15) is 5.56 Å². The van der Waals surface area contributed by atoms with Gasteiger partial charge in [-0.1, -0.05) is 11.6 Å². The second kappa shape index (κ2) is 5.55. The van der Waals surface area contributed by atoms with Crippen LogP contribution in [-0.4, -0.2) is 4.92 Å². The Morgan fingerprint density at radius 2 is 1.95 bits per heavy atom. The minimum absolute atomic E-state index is 0.000538. The molecule has 0 atom stereocenters. The van der Waals surface area contributed by atoms with Gasteiger partial charge >= 0.3 is 0 Å². The Kier molecular flexibility index (Phi) is 3.82. The topological polar surface area (TPSA) is 76.2 Å². The van der Waals surface area contributed by atoms with Gasteiger partial charge in [0.15, 0.2) is 0 Å². The third-order valence-corrected chi connectivity index (χ3v) is 2.70. The molecule has 5 nitrogen and oxygen atoms in total. The third kappa shape index (κ3) is 2.84. The van der Waals surface area contributed by atoms with Gasteiger partial charge < -0.3 is 4.74 Å². The summed E-state index contributed by atoms with van der Waals surface area (Å²) in [5, 5.41) is 19.5. The van der Waals surface area contributed by atoms with Gasteiger partial charge in [-0.3, -0.25) is 10.1 Å². The fraction of sp³-hybridized carbons (Fsp3) is 0. The van der Waals surface area contributed by atoms with Crippen LogP contribution >= 0.6 is 11.6 Å². The average molecular weight is 293 g/mol. The first kappa shape index (κ1) is 13.8. The number of benzene rings is 2. The Morgan fingerprint density at radius 3 is 2.55 bits per heavy atom. The Balaban J connectivity index is 2.36. The summed E-state index contributed by atoms with van der Waals surface area (Å²) in [6.45, 7) is 0. The van der Waals surface area contributed by atoms with Gasteiger partial charge in [-0.2, -0.15) is 5.26 Å². The molecule has 0 radical (unpaired) electrons. The molecule has 0 aromatic heterocycles. The molecule has 7 heteroatoms. The first-order chi connectivity index (χ1) is 9.51. The van der Waals surface area contributed by atoms with Crippen molar-refractivity contribution in [1.82, 2.24) is 0 Å². The first-order valence-electron chi connectivity index (χ1n) is 5.32. The van der Waals surface area contributed by atoms with Crippen molar-refractivity contribution in [3.8, 4) is 17.6 Å². The van der Waals surface area contributed by atoms with E-state index in [1.54, 1.807) is 6.07 Å². The molecule has 0 spiro atoms. The quantitative estimate of drug-likeness (QED) is 0.631. The summed E-state index contributed by atoms with van der Waals surface area (Å²) < 4.78 is 18.4. The highest BCUT2D eigenvalue weighted by molar-refractivity contribution is 6.32. The highest BCUT2D eigenvalue weighted by Crippen LogP contribution is 2.33. The Labute approximate surface area is 117 Å². The number of hydrogen-bond acceptors (Lipinski definition) is 4. The number of non-ortho nitro benzene ring substituents is 1. The minimum atomic E-state index is -0.589. The summed E-state index contributed by atoms with van der Waals surface area (Å²) in [6, 6.07) is 8.89. The smallest absolute Gasteiger partial charge is 0.271 e. The molecule has 0 aliphatic heterocycles. The van der Waals surface area contributed by atoms with E-state index in [4.69, 9.17) is 21.6 Å². The zero-order chi connectivity index (χ0) is 14.7. The predicted octanol–water partition coefficient (Wildman–Crippen LogP) is 4.05. The van der Waals surface area contributed by atoms with E-state index in [2.05, 4.69) is 0 Å². The zero-order valence-electron chi connectivity index (χ0n) is 9.84. The summed E-state index contributed by atoms with van der Waals surface area (Å²) in [5.74, 6) is -0.311. The molecule has 0 saturated carbocycles. The van der Waals surface area contributed by atoms with Crippen molar-refractivity contribution in [1.29, 1.82) is 5.26 Å². The normalized spacial score (nSPS) is 9.85. The fourth-order valence-corrected chi connectivity index (χ4v) is 1.70. The lowest BCUT2D eigenvalue weighted by Gasteiger charge is -2.08. The summed E-state index contributed by atoms with van der Waals surface area (Å²) in [4.78, 5) is 9.99. The van der Waals surface area contributed by atoms with Gasteiger partial charge in [0.25, 0.3) is 5.69 Å². The van der Waals surface area contributed by atoms with Gasteiger partial charge in [-0.15, -0.1) is 0 Å². The first-order valence-corrected chi connectivity index (χ1v) is 5.70. The van der Waals surface area contributed by atoms with E-state index < -0.39 is 10.7 Å². The predicted molar refractivity (Wildman–Crippen MR) is 69.3 cm³/mol. The van der Waals surface area contributed by atoms with E-state index in [1.165, 1.54) is 18.2 Å². The van der Waals surface area contributed by atoms with E-state index >= 15 is 0 Å². The second-order valence-corrected chi connectivity index (χ2v) is 4.13. The molecule has 20 heavy (non-hydrogen) atoms. The van der Waals surface area contributed by atoms with Crippen LogP contribution in [0.25, 0.3) is 0 Å². The standard InChI is InChI=1S/C13H6ClFN2O3/c14-11-6-10(17(18)19)2-4-13(11)20-12-3-1-9(15)5-8(12)7-16/h1-6H. The van der Waals surface area contributed by atoms with E-state index in [9.17, 15) is 14.5 Å². The molecule has 0 bridgehead atoms. The molecule has 0 aliphatic carbocycles. The lowest BCUT2D eigenvalue weighted by molar-refractivity contribution is -0.384. The summed E-state index contributed by atoms with van der Waals surface area (Å²) >= 11 is 5.86. The van der Waals surface area contributed by atoms with Crippen molar-refractivity contribution < 1.29 is 14.1 Å².